The van der Waals surface area contributed by atoms with E-state index in [2.05, 4.69) is 20.1 Å². The number of halogens is 3. The molecular weight excluding hydrogens is 199 g/mol. The van der Waals surface area contributed by atoms with E-state index in [9.17, 15) is 13.2 Å². The van der Waals surface area contributed by atoms with Gasteiger partial charge in [0.2, 0.25) is 0 Å². The Bertz CT molecular complexity index is 451. The summed E-state index contributed by atoms with van der Waals surface area (Å²) in [5, 5.41) is 9.48. The third-order valence-electron chi connectivity index (χ3n) is 1.53. The Morgan fingerprint density at radius 2 is 2.07 bits per heavy atom. The third-order valence-corrected chi connectivity index (χ3v) is 1.53. The number of fused-ring (bicyclic) bond motifs is 1. The molecule has 0 atom stereocenters. The molecule has 0 bridgehead atoms. The van der Waals surface area contributed by atoms with Gasteiger partial charge in [-0.05, 0) is 12.1 Å². The summed E-state index contributed by atoms with van der Waals surface area (Å²) in [6.45, 7) is 0. The molecule has 0 unspecified atom stereocenters. The molecule has 0 saturated carbocycles. The fraction of sp³-hybridized carbons (Fsp3) is 0.143. The van der Waals surface area contributed by atoms with Gasteiger partial charge in [0.05, 0.1) is 5.52 Å². The highest BCUT2D eigenvalue weighted by Gasteiger charge is 2.31. The Hall–Kier alpha value is -1.79. The highest BCUT2D eigenvalue weighted by Crippen LogP contribution is 2.24. The van der Waals surface area contributed by atoms with Crippen molar-refractivity contribution < 1.29 is 17.9 Å². The standard InChI is InChI=1S/C7H4F3N3O/c8-7(9,10)14-4-1-2-5-6(3-4)12-13-11-5/h1-3H,(H,11,12,13). The highest BCUT2D eigenvalue weighted by atomic mass is 19.4. The zero-order valence-electron chi connectivity index (χ0n) is 6.67. The van der Waals surface area contributed by atoms with E-state index in [0.29, 0.717) is 11.0 Å². The Kier molecular flexibility index (Phi) is 1.80. The molecule has 74 valence electrons. The lowest BCUT2D eigenvalue weighted by molar-refractivity contribution is -0.274. The van der Waals surface area contributed by atoms with E-state index in [1.165, 1.54) is 18.2 Å². The van der Waals surface area contributed by atoms with Gasteiger partial charge in [-0.25, -0.2) is 0 Å². The number of alkyl halides is 3. The first-order chi connectivity index (χ1) is 6.54. The second-order valence-corrected chi connectivity index (χ2v) is 2.54. The first-order valence-corrected chi connectivity index (χ1v) is 3.61. The van der Waals surface area contributed by atoms with Crippen molar-refractivity contribution in [2.45, 2.75) is 6.36 Å². The zero-order valence-corrected chi connectivity index (χ0v) is 6.67. The van der Waals surface area contributed by atoms with Gasteiger partial charge in [-0.2, -0.15) is 0 Å². The fourth-order valence-corrected chi connectivity index (χ4v) is 1.02. The van der Waals surface area contributed by atoms with E-state index in [-0.39, 0.29) is 5.75 Å². The van der Waals surface area contributed by atoms with E-state index >= 15 is 0 Å². The van der Waals surface area contributed by atoms with Crippen molar-refractivity contribution in [1.82, 2.24) is 15.4 Å². The zero-order chi connectivity index (χ0) is 10.2. The van der Waals surface area contributed by atoms with Crippen LogP contribution in [0.3, 0.4) is 0 Å². The monoisotopic (exact) mass is 203 g/mol. The Balaban J connectivity index is 2.35. The van der Waals surface area contributed by atoms with E-state index in [0.717, 1.165) is 0 Å². The van der Waals surface area contributed by atoms with Crippen LogP contribution in [-0.4, -0.2) is 21.8 Å². The number of hydrogen-bond acceptors (Lipinski definition) is 3. The number of aromatic amines is 1. The molecule has 0 aliphatic carbocycles. The number of nitrogens with one attached hydrogen (secondary N) is 1. The molecule has 1 aromatic heterocycles. The molecule has 0 aliphatic rings. The average Bonchev–Trinajstić information content (AvgIpc) is 2.47. The minimum Gasteiger partial charge on any atom is -0.406 e. The predicted molar refractivity (Wildman–Crippen MR) is 40.6 cm³/mol. The molecule has 0 amide bonds. The van der Waals surface area contributed by atoms with Gasteiger partial charge in [0, 0.05) is 6.07 Å². The van der Waals surface area contributed by atoms with Crippen molar-refractivity contribution >= 4 is 11.0 Å². The van der Waals surface area contributed by atoms with Crippen molar-refractivity contribution in [3.8, 4) is 5.75 Å². The van der Waals surface area contributed by atoms with Crippen LogP contribution < -0.4 is 4.74 Å². The normalized spacial score (nSPS) is 11.9. The smallest absolute Gasteiger partial charge is 0.406 e. The summed E-state index contributed by atoms with van der Waals surface area (Å²) in [6.07, 6.45) is -4.68. The number of H-pyrrole nitrogens is 1. The van der Waals surface area contributed by atoms with Crippen molar-refractivity contribution in [1.29, 1.82) is 0 Å². The van der Waals surface area contributed by atoms with Crippen molar-refractivity contribution in [2.24, 2.45) is 0 Å². The molecule has 7 heteroatoms. The van der Waals surface area contributed by atoms with Crippen LogP contribution >= 0.6 is 0 Å². The van der Waals surface area contributed by atoms with Gasteiger partial charge in [0.25, 0.3) is 0 Å². The second kappa shape index (κ2) is 2.86. The minimum absolute atomic E-state index is 0.295. The molecule has 0 radical (unpaired) electrons. The minimum atomic E-state index is -4.68. The van der Waals surface area contributed by atoms with Gasteiger partial charge >= 0.3 is 6.36 Å². The predicted octanol–water partition coefficient (Wildman–Crippen LogP) is 1.86. The first kappa shape index (κ1) is 8.79. The van der Waals surface area contributed by atoms with E-state index in [1.54, 1.807) is 0 Å². The quantitative estimate of drug-likeness (QED) is 0.769. The van der Waals surface area contributed by atoms with Gasteiger partial charge in [-0.1, -0.05) is 5.21 Å². The summed E-state index contributed by atoms with van der Waals surface area (Å²) in [6, 6.07) is 3.75. The maximum absolute atomic E-state index is 11.8. The van der Waals surface area contributed by atoms with Gasteiger partial charge < -0.3 is 4.74 Å². The maximum atomic E-state index is 11.8. The number of hydrogen-bond donors (Lipinski definition) is 1. The van der Waals surface area contributed by atoms with E-state index in [4.69, 9.17) is 0 Å². The van der Waals surface area contributed by atoms with Crippen molar-refractivity contribution in [2.75, 3.05) is 0 Å². The molecule has 0 fully saturated rings. The number of rotatable bonds is 1. The molecule has 1 N–H and O–H groups in total. The van der Waals surface area contributed by atoms with Crippen LogP contribution in [0.5, 0.6) is 5.75 Å². The summed E-state index contributed by atoms with van der Waals surface area (Å²) in [5.74, 6) is -0.295. The molecule has 4 nitrogen and oxygen atoms in total. The van der Waals surface area contributed by atoms with Crippen LogP contribution in [0.1, 0.15) is 0 Å². The fourth-order valence-electron chi connectivity index (χ4n) is 1.02. The summed E-state index contributed by atoms with van der Waals surface area (Å²) >= 11 is 0. The Morgan fingerprint density at radius 3 is 2.79 bits per heavy atom. The van der Waals surface area contributed by atoms with Gasteiger partial charge in [0.1, 0.15) is 11.3 Å². The van der Waals surface area contributed by atoms with Gasteiger partial charge in [-0.3, -0.25) is 5.10 Å². The Labute approximate surface area is 75.7 Å². The maximum Gasteiger partial charge on any atom is 0.573 e. The SMILES string of the molecule is FC(F)(F)Oc1ccc2nn[nH]c2c1. The largest absolute Gasteiger partial charge is 0.573 e. The summed E-state index contributed by atoms with van der Waals surface area (Å²) in [4.78, 5) is 0. The molecule has 2 aromatic rings. The molecule has 1 heterocycles. The van der Waals surface area contributed by atoms with Crippen molar-refractivity contribution in [3.05, 3.63) is 18.2 Å². The van der Waals surface area contributed by atoms with Crippen LogP contribution in [0, 0.1) is 0 Å². The molecular formula is C7H4F3N3O. The molecule has 1 aromatic carbocycles. The molecule has 0 saturated heterocycles. The summed E-state index contributed by atoms with van der Waals surface area (Å²) in [7, 11) is 0. The number of ether oxygens (including phenoxy) is 1. The lowest BCUT2D eigenvalue weighted by Gasteiger charge is -2.07. The van der Waals surface area contributed by atoms with E-state index in [1.807, 2.05) is 0 Å². The highest BCUT2D eigenvalue weighted by molar-refractivity contribution is 5.75. The number of aromatic nitrogens is 3. The topological polar surface area (TPSA) is 50.8 Å². The summed E-state index contributed by atoms with van der Waals surface area (Å²) in [5.41, 5.74) is 0.881. The first-order valence-electron chi connectivity index (χ1n) is 3.61. The summed E-state index contributed by atoms with van der Waals surface area (Å²) < 4.78 is 39.1. The van der Waals surface area contributed by atoms with Gasteiger partial charge in [0.15, 0.2) is 0 Å². The van der Waals surface area contributed by atoms with Gasteiger partial charge in [-0.15, -0.1) is 18.3 Å². The van der Waals surface area contributed by atoms with Crippen LogP contribution in [-0.2, 0) is 0 Å². The Morgan fingerprint density at radius 1 is 1.29 bits per heavy atom. The third kappa shape index (κ3) is 1.76. The van der Waals surface area contributed by atoms with Crippen LogP contribution in [0.2, 0.25) is 0 Å². The van der Waals surface area contributed by atoms with Crippen LogP contribution in [0.4, 0.5) is 13.2 Å². The molecule has 14 heavy (non-hydrogen) atoms. The van der Waals surface area contributed by atoms with Crippen molar-refractivity contribution in [3.63, 3.8) is 0 Å². The number of benzene rings is 1. The number of nitrogens with zero attached hydrogens (tertiary/aromatic N) is 2. The van der Waals surface area contributed by atoms with Crippen LogP contribution in [0.15, 0.2) is 18.2 Å². The lowest BCUT2D eigenvalue weighted by Crippen LogP contribution is -2.16. The van der Waals surface area contributed by atoms with E-state index < -0.39 is 6.36 Å². The molecule has 0 spiro atoms. The average molecular weight is 203 g/mol. The second-order valence-electron chi connectivity index (χ2n) is 2.54. The van der Waals surface area contributed by atoms with Crippen LogP contribution in [0.25, 0.3) is 11.0 Å². The molecule has 0 aliphatic heterocycles. The molecule has 2 rings (SSSR count). The lowest BCUT2D eigenvalue weighted by atomic mass is 10.3.